The van der Waals surface area contributed by atoms with Crippen LogP contribution in [0.1, 0.15) is 18.9 Å². The van der Waals surface area contributed by atoms with Crippen molar-refractivity contribution in [2.75, 3.05) is 16.8 Å². The topological polar surface area (TPSA) is 32.3 Å². The summed E-state index contributed by atoms with van der Waals surface area (Å²) >= 11 is 3.50. The van der Waals surface area contributed by atoms with Gasteiger partial charge in [-0.1, -0.05) is 30.3 Å². The molecule has 2 aromatic rings. The first-order chi connectivity index (χ1) is 10.7. The molecule has 1 aliphatic rings. The van der Waals surface area contributed by atoms with Gasteiger partial charge in [-0.05, 0) is 53.0 Å². The number of carbonyl (C=O) groups is 1. The summed E-state index contributed by atoms with van der Waals surface area (Å²) in [5.74, 6) is 0.178. The average Bonchev–Trinajstić information content (AvgIpc) is 2.85. The maximum Gasteiger partial charge on any atom is 0.229 e. The molecule has 0 aliphatic carbocycles. The highest BCUT2D eigenvalue weighted by Gasteiger charge is 2.29. The second-order valence-corrected chi connectivity index (χ2v) is 6.46. The van der Waals surface area contributed by atoms with Crippen LogP contribution in [0, 0.1) is 0 Å². The summed E-state index contributed by atoms with van der Waals surface area (Å²) in [5.41, 5.74) is 3.35. The van der Waals surface area contributed by atoms with E-state index in [0.29, 0.717) is 13.0 Å². The third kappa shape index (κ3) is 3.02. The van der Waals surface area contributed by atoms with Crippen LogP contribution in [-0.4, -0.2) is 18.5 Å². The van der Waals surface area contributed by atoms with Gasteiger partial charge in [0.2, 0.25) is 5.91 Å². The van der Waals surface area contributed by atoms with Crippen molar-refractivity contribution in [3.05, 3.63) is 58.6 Å². The van der Waals surface area contributed by atoms with E-state index in [2.05, 4.69) is 34.2 Å². The summed E-state index contributed by atoms with van der Waals surface area (Å²) in [6.07, 6.45) is 1.43. The number of nitrogens with zero attached hydrogens (tertiary/aromatic N) is 1. The molecule has 1 aliphatic heterocycles. The maximum absolute atomic E-state index is 12.6. The number of hydrogen-bond donors (Lipinski definition) is 1. The lowest BCUT2D eigenvalue weighted by atomic mass is 10.1. The van der Waals surface area contributed by atoms with Crippen LogP contribution in [0.4, 0.5) is 11.4 Å². The van der Waals surface area contributed by atoms with E-state index in [1.165, 1.54) is 5.56 Å². The molecule has 114 valence electrons. The SMILES string of the molecule is CC1Cc2ccccc2N1C(=O)CCNc1ccccc1Br. The Labute approximate surface area is 139 Å². The molecule has 22 heavy (non-hydrogen) atoms. The number of carbonyl (C=O) groups excluding carboxylic acids is 1. The van der Waals surface area contributed by atoms with Crippen molar-refractivity contribution in [1.29, 1.82) is 0 Å². The Morgan fingerprint density at radius 2 is 1.95 bits per heavy atom. The van der Waals surface area contributed by atoms with Crippen molar-refractivity contribution in [1.82, 2.24) is 0 Å². The Balaban J connectivity index is 1.62. The summed E-state index contributed by atoms with van der Waals surface area (Å²) in [7, 11) is 0. The number of benzene rings is 2. The second-order valence-electron chi connectivity index (χ2n) is 5.60. The Kier molecular flexibility index (Phi) is 4.48. The number of halogens is 1. The van der Waals surface area contributed by atoms with Gasteiger partial charge in [0.1, 0.15) is 0 Å². The summed E-state index contributed by atoms with van der Waals surface area (Å²) in [6, 6.07) is 16.4. The molecule has 1 atom stereocenters. The minimum Gasteiger partial charge on any atom is -0.384 e. The monoisotopic (exact) mass is 358 g/mol. The van der Waals surface area contributed by atoms with Gasteiger partial charge in [-0.25, -0.2) is 0 Å². The summed E-state index contributed by atoms with van der Waals surface area (Å²) in [4.78, 5) is 14.5. The van der Waals surface area contributed by atoms with Crippen molar-refractivity contribution in [2.24, 2.45) is 0 Å². The number of fused-ring (bicyclic) bond motifs is 1. The Hall–Kier alpha value is -1.81. The van der Waals surface area contributed by atoms with Crippen LogP contribution in [0.3, 0.4) is 0 Å². The fraction of sp³-hybridized carbons (Fsp3) is 0.278. The molecule has 0 fully saturated rings. The third-order valence-electron chi connectivity index (χ3n) is 4.00. The van der Waals surface area contributed by atoms with E-state index in [1.54, 1.807) is 0 Å². The van der Waals surface area contributed by atoms with Gasteiger partial charge in [-0.3, -0.25) is 4.79 Å². The van der Waals surface area contributed by atoms with Crippen LogP contribution in [0.2, 0.25) is 0 Å². The lowest BCUT2D eigenvalue weighted by Crippen LogP contribution is -2.36. The van der Waals surface area contributed by atoms with Crippen molar-refractivity contribution < 1.29 is 4.79 Å². The lowest BCUT2D eigenvalue weighted by Gasteiger charge is -2.23. The summed E-state index contributed by atoms with van der Waals surface area (Å²) in [5, 5.41) is 3.31. The first kappa shape index (κ1) is 15.1. The van der Waals surface area contributed by atoms with E-state index < -0.39 is 0 Å². The molecular formula is C18H19BrN2O. The predicted molar refractivity (Wildman–Crippen MR) is 94.3 cm³/mol. The van der Waals surface area contributed by atoms with Crippen molar-refractivity contribution in [3.63, 3.8) is 0 Å². The van der Waals surface area contributed by atoms with Crippen LogP contribution in [0.5, 0.6) is 0 Å². The first-order valence-electron chi connectivity index (χ1n) is 7.55. The Morgan fingerprint density at radius 1 is 1.23 bits per heavy atom. The molecule has 2 aromatic carbocycles. The molecule has 3 rings (SSSR count). The van der Waals surface area contributed by atoms with Gasteiger partial charge in [-0.2, -0.15) is 0 Å². The molecule has 0 spiro atoms. The molecule has 0 aromatic heterocycles. The largest absolute Gasteiger partial charge is 0.384 e. The summed E-state index contributed by atoms with van der Waals surface area (Å²) in [6.45, 7) is 2.74. The molecule has 0 saturated carbocycles. The highest BCUT2D eigenvalue weighted by Crippen LogP contribution is 2.32. The highest BCUT2D eigenvalue weighted by molar-refractivity contribution is 9.10. The van der Waals surface area contributed by atoms with Gasteiger partial charge in [0.05, 0.1) is 0 Å². The molecule has 0 radical (unpaired) electrons. The molecule has 3 nitrogen and oxygen atoms in total. The molecule has 1 unspecified atom stereocenters. The molecule has 4 heteroatoms. The lowest BCUT2D eigenvalue weighted by molar-refractivity contribution is -0.118. The number of hydrogen-bond acceptors (Lipinski definition) is 2. The van der Waals surface area contributed by atoms with E-state index in [9.17, 15) is 4.79 Å². The summed E-state index contributed by atoms with van der Waals surface area (Å²) < 4.78 is 1.02. The zero-order chi connectivity index (χ0) is 15.5. The Bertz CT molecular complexity index is 686. The fourth-order valence-electron chi connectivity index (χ4n) is 2.97. The van der Waals surface area contributed by atoms with E-state index in [4.69, 9.17) is 0 Å². The second kappa shape index (κ2) is 6.53. The number of nitrogens with one attached hydrogen (secondary N) is 1. The minimum atomic E-state index is 0.178. The van der Waals surface area contributed by atoms with Crippen LogP contribution < -0.4 is 10.2 Å². The van der Waals surface area contributed by atoms with E-state index in [-0.39, 0.29) is 11.9 Å². The van der Waals surface area contributed by atoms with E-state index in [0.717, 1.165) is 22.3 Å². The quantitative estimate of drug-likeness (QED) is 0.886. The van der Waals surface area contributed by atoms with Crippen LogP contribution in [-0.2, 0) is 11.2 Å². The maximum atomic E-state index is 12.6. The number of anilines is 2. The van der Waals surface area contributed by atoms with Gasteiger partial charge in [0.15, 0.2) is 0 Å². The average molecular weight is 359 g/mol. The first-order valence-corrected chi connectivity index (χ1v) is 8.34. The van der Waals surface area contributed by atoms with Crippen LogP contribution >= 0.6 is 15.9 Å². The Morgan fingerprint density at radius 3 is 2.77 bits per heavy atom. The molecular weight excluding hydrogens is 340 g/mol. The smallest absolute Gasteiger partial charge is 0.229 e. The van der Waals surface area contributed by atoms with Crippen LogP contribution in [0.15, 0.2) is 53.0 Å². The zero-order valence-electron chi connectivity index (χ0n) is 12.6. The van der Waals surface area contributed by atoms with Crippen LogP contribution in [0.25, 0.3) is 0 Å². The van der Waals surface area contributed by atoms with E-state index in [1.807, 2.05) is 47.4 Å². The molecule has 1 heterocycles. The standard InChI is InChI=1S/C18H19BrN2O/c1-13-12-14-6-2-5-9-17(14)21(13)18(22)10-11-20-16-8-4-3-7-15(16)19/h2-9,13,20H,10-12H2,1H3. The fourth-order valence-corrected chi connectivity index (χ4v) is 3.40. The molecule has 1 amide bonds. The van der Waals surface area contributed by atoms with Gasteiger partial charge in [-0.15, -0.1) is 0 Å². The minimum absolute atomic E-state index is 0.178. The van der Waals surface area contributed by atoms with Gasteiger partial charge < -0.3 is 10.2 Å². The van der Waals surface area contributed by atoms with Gasteiger partial charge in [0, 0.05) is 34.9 Å². The van der Waals surface area contributed by atoms with Crippen molar-refractivity contribution in [3.8, 4) is 0 Å². The highest BCUT2D eigenvalue weighted by atomic mass is 79.9. The third-order valence-corrected chi connectivity index (χ3v) is 4.70. The normalized spacial score (nSPS) is 16.5. The van der Waals surface area contributed by atoms with Gasteiger partial charge >= 0.3 is 0 Å². The number of rotatable bonds is 4. The van der Waals surface area contributed by atoms with Crippen molar-refractivity contribution >= 4 is 33.2 Å². The number of amides is 1. The van der Waals surface area contributed by atoms with Gasteiger partial charge in [0.25, 0.3) is 0 Å². The zero-order valence-corrected chi connectivity index (χ0v) is 14.1. The predicted octanol–water partition coefficient (Wildman–Crippen LogP) is 4.23. The molecule has 0 bridgehead atoms. The molecule has 0 saturated heterocycles. The molecule has 1 N–H and O–H groups in total. The number of para-hydroxylation sites is 2. The van der Waals surface area contributed by atoms with E-state index >= 15 is 0 Å². The van der Waals surface area contributed by atoms with Crippen molar-refractivity contribution in [2.45, 2.75) is 25.8 Å².